The number of nitrogens with two attached hydrogens (primary N) is 1. The predicted octanol–water partition coefficient (Wildman–Crippen LogP) is 0.536. The van der Waals surface area contributed by atoms with Crippen molar-refractivity contribution in [1.82, 2.24) is 10.6 Å². The van der Waals surface area contributed by atoms with Crippen LogP contribution >= 0.6 is 0 Å². The molecule has 0 aliphatic heterocycles. The van der Waals surface area contributed by atoms with Crippen molar-refractivity contribution in [2.24, 2.45) is 5.41 Å². The Kier molecular flexibility index (Phi) is 5.37. The second kappa shape index (κ2) is 6.79. The van der Waals surface area contributed by atoms with Crippen molar-refractivity contribution in [3.8, 4) is 5.75 Å². The van der Waals surface area contributed by atoms with Crippen LogP contribution in [0.3, 0.4) is 0 Å². The van der Waals surface area contributed by atoms with Crippen LogP contribution in [-0.2, 0) is 9.59 Å². The van der Waals surface area contributed by atoms with E-state index in [1.54, 1.807) is 45.2 Å². The van der Waals surface area contributed by atoms with E-state index >= 15 is 0 Å². The Morgan fingerprint density at radius 1 is 1.25 bits per heavy atom. The van der Waals surface area contributed by atoms with Crippen molar-refractivity contribution in [3.05, 3.63) is 24.3 Å². The number of rotatable bonds is 6. The topological polar surface area (TPSA) is 93.5 Å². The number of ether oxygens (including phenoxy) is 1. The Morgan fingerprint density at radius 3 is 2.40 bits per heavy atom. The summed E-state index contributed by atoms with van der Waals surface area (Å²) in [6.45, 7) is 3.66. The summed E-state index contributed by atoms with van der Waals surface area (Å²) in [5.74, 6) is 0.163. The van der Waals surface area contributed by atoms with Crippen LogP contribution in [0.15, 0.2) is 24.3 Å². The molecule has 0 aromatic heterocycles. The average molecular weight is 279 g/mol. The van der Waals surface area contributed by atoms with E-state index in [1.807, 2.05) is 0 Å². The molecule has 1 rings (SSSR count). The molecule has 0 heterocycles. The molecule has 0 radical (unpaired) electrons. The number of carbonyl (C=O) groups is 2. The molecule has 0 aliphatic carbocycles. The van der Waals surface area contributed by atoms with E-state index in [2.05, 4.69) is 10.6 Å². The number of anilines is 1. The van der Waals surface area contributed by atoms with Gasteiger partial charge in [-0.25, -0.2) is 0 Å². The summed E-state index contributed by atoms with van der Waals surface area (Å²) < 4.78 is 5.31. The smallest absolute Gasteiger partial charge is 0.257 e. The lowest BCUT2D eigenvalue weighted by Crippen LogP contribution is -2.44. The van der Waals surface area contributed by atoms with Crippen LogP contribution in [0.25, 0.3) is 0 Å². The van der Waals surface area contributed by atoms with Gasteiger partial charge in [-0.15, -0.1) is 0 Å². The van der Waals surface area contributed by atoms with Gasteiger partial charge < -0.3 is 21.1 Å². The van der Waals surface area contributed by atoms with Crippen molar-refractivity contribution in [3.63, 3.8) is 0 Å². The lowest BCUT2D eigenvalue weighted by Gasteiger charge is -2.22. The fourth-order valence-electron chi connectivity index (χ4n) is 1.50. The normalized spacial score (nSPS) is 10.8. The number of carbonyl (C=O) groups excluding carboxylic acids is 2. The van der Waals surface area contributed by atoms with Crippen LogP contribution in [0.4, 0.5) is 5.69 Å². The van der Waals surface area contributed by atoms with E-state index in [4.69, 9.17) is 10.5 Å². The van der Waals surface area contributed by atoms with Gasteiger partial charge in [0.05, 0.1) is 5.41 Å². The number of benzene rings is 1. The van der Waals surface area contributed by atoms with E-state index in [-0.39, 0.29) is 25.0 Å². The maximum absolute atomic E-state index is 11.6. The second-order valence-electron chi connectivity index (χ2n) is 5.10. The third-order valence-electron chi connectivity index (χ3n) is 2.82. The van der Waals surface area contributed by atoms with Crippen LogP contribution in [0.1, 0.15) is 13.8 Å². The molecule has 0 spiro atoms. The van der Waals surface area contributed by atoms with Gasteiger partial charge in [0.2, 0.25) is 5.91 Å². The Bertz CT molecular complexity index is 469. The van der Waals surface area contributed by atoms with Crippen molar-refractivity contribution in [2.45, 2.75) is 13.8 Å². The fourth-order valence-corrected chi connectivity index (χ4v) is 1.50. The molecule has 2 amide bonds. The van der Waals surface area contributed by atoms with Gasteiger partial charge in [-0.05, 0) is 38.1 Å². The first-order valence-corrected chi connectivity index (χ1v) is 6.32. The molecule has 20 heavy (non-hydrogen) atoms. The Labute approximate surface area is 118 Å². The molecule has 110 valence electrons. The molecule has 0 aliphatic rings. The zero-order valence-corrected chi connectivity index (χ0v) is 12.0. The lowest BCUT2D eigenvalue weighted by atomic mass is 9.92. The van der Waals surface area contributed by atoms with Crippen LogP contribution in [0.2, 0.25) is 0 Å². The second-order valence-corrected chi connectivity index (χ2v) is 5.10. The molecule has 0 fully saturated rings. The molecule has 0 saturated carbocycles. The summed E-state index contributed by atoms with van der Waals surface area (Å²) in [4.78, 5) is 23.2. The highest BCUT2D eigenvalue weighted by molar-refractivity contribution is 5.83. The molecular weight excluding hydrogens is 258 g/mol. The molecular formula is C14H21N3O3. The molecule has 0 atom stereocenters. The maximum atomic E-state index is 11.6. The quantitative estimate of drug-likeness (QED) is 0.662. The summed E-state index contributed by atoms with van der Waals surface area (Å²) in [7, 11) is 1.57. The van der Waals surface area contributed by atoms with Gasteiger partial charge in [0, 0.05) is 19.3 Å². The van der Waals surface area contributed by atoms with Crippen molar-refractivity contribution < 1.29 is 14.3 Å². The summed E-state index contributed by atoms with van der Waals surface area (Å²) in [5.41, 5.74) is 5.52. The predicted molar refractivity (Wildman–Crippen MR) is 77.2 cm³/mol. The monoisotopic (exact) mass is 279 g/mol. The van der Waals surface area contributed by atoms with Crippen molar-refractivity contribution in [2.75, 3.05) is 25.9 Å². The summed E-state index contributed by atoms with van der Waals surface area (Å²) >= 11 is 0. The SMILES string of the molecule is CNC(=O)C(C)(C)CNC(=O)COc1ccc(N)cc1. The fraction of sp³-hybridized carbons (Fsp3) is 0.429. The zero-order valence-electron chi connectivity index (χ0n) is 12.0. The highest BCUT2D eigenvalue weighted by Crippen LogP contribution is 2.14. The van der Waals surface area contributed by atoms with Gasteiger partial charge in [0.25, 0.3) is 5.91 Å². The third kappa shape index (κ3) is 4.79. The standard InChI is InChI=1S/C14H21N3O3/c1-14(2,13(19)16-3)9-17-12(18)8-20-11-6-4-10(15)5-7-11/h4-7H,8-9,15H2,1-3H3,(H,16,19)(H,17,18). The number of nitrogens with one attached hydrogen (secondary N) is 2. The van der Waals surface area contributed by atoms with Gasteiger partial charge in [0.1, 0.15) is 5.75 Å². The van der Waals surface area contributed by atoms with Crippen LogP contribution in [0.5, 0.6) is 5.75 Å². The van der Waals surface area contributed by atoms with E-state index < -0.39 is 5.41 Å². The number of hydrogen-bond donors (Lipinski definition) is 3. The highest BCUT2D eigenvalue weighted by atomic mass is 16.5. The lowest BCUT2D eigenvalue weighted by molar-refractivity contribution is -0.129. The molecule has 1 aromatic rings. The molecule has 6 heteroatoms. The first kappa shape index (κ1) is 15.8. The Hall–Kier alpha value is -2.24. The molecule has 0 saturated heterocycles. The van der Waals surface area contributed by atoms with E-state index in [1.165, 1.54) is 0 Å². The van der Waals surface area contributed by atoms with Crippen LogP contribution in [0, 0.1) is 5.41 Å². The van der Waals surface area contributed by atoms with Gasteiger partial charge in [-0.1, -0.05) is 0 Å². The number of hydrogen-bond acceptors (Lipinski definition) is 4. The summed E-state index contributed by atoms with van der Waals surface area (Å²) in [6.07, 6.45) is 0. The zero-order chi connectivity index (χ0) is 15.2. The minimum Gasteiger partial charge on any atom is -0.484 e. The van der Waals surface area contributed by atoms with Crippen LogP contribution in [-0.4, -0.2) is 32.0 Å². The minimum absolute atomic E-state index is 0.103. The van der Waals surface area contributed by atoms with E-state index in [0.717, 1.165) is 0 Å². The summed E-state index contributed by atoms with van der Waals surface area (Å²) in [5, 5.41) is 5.23. The van der Waals surface area contributed by atoms with E-state index in [9.17, 15) is 9.59 Å². The molecule has 4 N–H and O–H groups in total. The molecule has 0 bridgehead atoms. The Balaban J connectivity index is 2.37. The van der Waals surface area contributed by atoms with Gasteiger partial charge >= 0.3 is 0 Å². The third-order valence-corrected chi connectivity index (χ3v) is 2.82. The van der Waals surface area contributed by atoms with Gasteiger partial charge in [-0.2, -0.15) is 0 Å². The minimum atomic E-state index is -0.661. The molecule has 1 aromatic carbocycles. The van der Waals surface area contributed by atoms with Gasteiger partial charge in [0.15, 0.2) is 6.61 Å². The average Bonchev–Trinajstić information content (AvgIpc) is 2.43. The molecule has 0 unspecified atom stereocenters. The maximum Gasteiger partial charge on any atom is 0.257 e. The molecule has 6 nitrogen and oxygen atoms in total. The number of nitrogen functional groups attached to an aromatic ring is 1. The van der Waals surface area contributed by atoms with Crippen molar-refractivity contribution >= 4 is 17.5 Å². The van der Waals surface area contributed by atoms with E-state index in [0.29, 0.717) is 11.4 Å². The van der Waals surface area contributed by atoms with Crippen LogP contribution < -0.4 is 21.1 Å². The highest BCUT2D eigenvalue weighted by Gasteiger charge is 2.26. The number of amides is 2. The first-order valence-electron chi connectivity index (χ1n) is 6.32. The first-order chi connectivity index (χ1) is 9.35. The van der Waals surface area contributed by atoms with Crippen molar-refractivity contribution in [1.29, 1.82) is 0 Å². The summed E-state index contributed by atoms with van der Waals surface area (Å²) in [6, 6.07) is 6.78. The van der Waals surface area contributed by atoms with Gasteiger partial charge in [-0.3, -0.25) is 9.59 Å². The largest absolute Gasteiger partial charge is 0.484 e. The Morgan fingerprint density at radius 2 is 1.85 bits per heavy atom.